The Kier molecular flexibility index (Phi) is 6.58. The number of benzene rings is 2. The van der Waals surface area contributed by atoms with Gasteiger partial charge in [-0.05, 0) is 40.1 Å². The number of nitrogens with one attached hydrogen (secondary N) is 1. The van der Waals surface area contributed by atoms with Gasteiger partial charge in [0, 0.05) is 10.6 Å². The number of carbonyl (C=O) groups is 1. The van der Waals surface area contributed by atoms with E-state index >= 15 is 0 Å². The highest BCUT2D eigenvalue weighted by Crippen LogP contribution is 2.29. The minimum absolute atomic E-state index is 0.0388. The first-order valence-corrected chi connectivity index (χ1v) is 10.5. The van der Waals surface area contributed by atoms with E-state index in [4.69, 9.17) is 5.73 Å². The van der Waals surface area contributed by atoms with Crippen molar-refractivity contribution in [3.05, 3.63) is 77.1 Å². The Labute approximate surface area is 194 Å². The second-order valence-electron chi connectivity index (χ2n) is 6.69. The van der Waals surface area contributed by atoms with E-state index in [1.54, 1.807) is 0 Å². The lowest BCUT2D eigenvalue weighted by atomic mass is 10.1. The number of aromatic nitrogens is 5. The SMILES string of the molecule is Nc1nonc1-n1nnc(C(=O)N/N=C\c2ccc(C(F)(F)F)cc2)c1CSc1ccccc1. The number of anilines is 1. The van der Waals surface area contributed by atoms with Gasteiger partial charge in [-0.15, -0.1) is 16.9 Å². The lowest BCUT2D eigenvalue weighted by Crippen LogP contribution is -2.20. The number of nitrogens with zero attached hydrogens (tertiary/aromatic N) is 6. The van der Waals surface area contributed by atoms with Crippen LogP contribution in [0.25, 0.3) is 5.82 Å². The first-order valence-electron chi connectivity index (χ1n) is 9.54. The van der Waals surface area contributed by atoms with Gasteiger partial charge in [0.05, 0.1) is 17.5 Å². The smallest absolute Gasteiger partial charge is 0.378 e. The number of rotatable bonds is 7. The van der Waals surface area contributed by atoms with Crippen molar-refractivity contribution in [1.29, 1.82) is 0 Å². The minimum Gasteiger partial charge on any atom is -0.378 e. The van der Waals surface area contributed by atoms with Gasteiger partial charge >= 0.3 is 6.18 Å². The van der Waals surface area contributed by atoms with Crippen molar-refractivity contribution in [3.63, 3.8) is 0 Å². The van der Waals surface area contributed by atoms with Gasteiger partial charge in [0.15, 0.2) is 5.69 Å². The van der Waals surface area contributed by atoms with E-state index < -0.39 is 17.6 Å². The van der Waals surface area contributed by atoms with Crippen LogP contribution in [0.3, 0.4) is 0 Å². The fourth-order valence-electron chi connectivity index (χ4n) is 2.76. The molecule has 34 heavy (non-hydrogen) atoms. The molecule has 0 fully saturated rings. The third-order valence-electron chi connectivity index (χ3n) is 4.41. The molecule has 4 rings (SSSR count). The number of hydrogen-bond acceptors (Lipinski definition) is 9. The van der Waals surface area contributed by atoms with Crippen molar-refractivity contribution >= 4 is 29.7 Å². The quantitative estimate of drug-likeness (QED) is 0.230. The summed E-state index contributed by atoms with van der Waals surface area (Å²) in [5, 5.41) is 18.9. The molecule has 0 unspecified atom stereocenters. The number of hydrazone groups is 1. The maximum atomic E-state index is 12.7. The standard InChI is InChI=1S/C20H15F3N8O2S/c21-20(22,23)13-8-6-12(7-9-13)10-25-27-19(32)16-15(11-34-14-4-2-1-3-5-14)31(30-26-16)18-17(24)28-33-29-18/h1-10H,11H2,(H2,24,28)(H,27,32)/b25-10-. The van der Waals surface area contributed by atoms with E-state index in [0.717, 1.165) is 17.0 Å². The summed E-state index contributed by atoms with van der Waals surface area (Å²) in [6, 6.07) is 13.7. The molecule has 0 aliphatic heterocycles. The van der Waals surface area contributed by atoms with E-state index in [-0.39, 0.29) is 23.1 Å². The first kappa shape index (κ1) is 23.0. The Morgan fingerprint density at radius 2 is 1.88 bits per heavy atom. The van der Waals surface area contributed by atoms with Crippen molar-refractivity contribution in [3.8, 4) is 5.82 Å². The van der Waals surface area contributed by atoms with Crippen LogP contribution in [0, 0.1) is 0 Å². The van der Waals surface area contributed by atoms with E-state index in [0.29, 0.717) is 11.3 Å². The normalized spacial score (nSPS) is 11.7. The molecule has 10 nitrogen and oxygen atoms in total. The number of carbonyl (C=O) groups excluding carboxylic acids is 1. The highest BCUT2D eigenvalue weighted by molar-refractivity contribution is 7.98. The first-order chi connectivity index (χ1) is 16.3. The molecule has 0 bridgehead atoms. The van der Waals surface area contributed by atoms with Crippen LogP contribution in [-0.2, 0) is 11.9 Å². The second-order valence-corrected chi connectivity index (χ2v) is 7.74. The van der Waals surface area contributed by atoms with Crippen molar-refractivity contribution in [2.24, 2.45) is 5.10 Å². The van der Waals surface area contributed by atoms with Gasteiger partial charge < -0.3 is 5.73 Å². The molecule has 14 heteroatoms. The Bertz CT molecular complexity index is 1300. The molecular formula is C20H15F3N8O2S. The summed E-state index contributed by atoms with van der Waals surface area (Å²) in [6.07, 6.45) is -3.23. The number of nitrogens with two attached hydrogens (primary N) is 1. The average molecular weight is 488 g/mol. The molecule has 174 valence electrons. The summed E-state index contributed by atoms with van der Waals surface area (Å²) in [6.45, 7) is 0. The summed E-state index contributed by atoms with van der Waals surface area (Å²) >= 11 is 1.42. The summed E-state index contributed by atoms with van der Waals surface area (Å²) in [5.41, 5.74) is 7.94. The zero-order valence-electron chi connectivity index (χ0n) is 17.1. The number of thioether (sulfide) groups is 1. The zero-order valence-corrected chi connectivity index (χ0v) is 17.9. The molecule has 0 atom stereocenters. The fraction of sp³-hybridized carbons (Fsp3) is 0.100. The number of amides is 1. The molecule has 2 aromatic heterocycles. The maximum absolute atomic E-state index is 12.7. The van der Waals surface area contributed by atoms with Crippen molar-refractivity contribution < 1.29 is 22.6 Å². The number of hydrogen-bond donors (Lipinski definition) is 2. The summed E-state index contributed by atoms with van der Waals surface area (Å²) < 4.78 is 43.9. The third kappa shape index (κ3) is 5.23. The van der Waals surface area contributed by atoms with Crippen LogP contribution >= 0.6 is 11.8 Å². The van der Waals surface area contributed by atoms with Crippen LogP contribution in [0.5, 0.6) is 0 Å². The van der Waals surface area contributed by atoms with E-state index in [9.17, 15) is 18.0 Å². The zero-order chi connectivity index (χ0) is 24.1. The van der Waals surface area contributed by atoms with Gasteiger partial charge in [0.2, 0.25) is 11.6 Å². The number of nitrogen functional groups attached to an aromatic ring is 1. The predicted octanol–water partition coefficient (Wildman–Crippen LogP) is 3.31. The molecule has 0 radical (unpaired) electrons. The maximum Gasteiger partial charge on any atom is 0.416 e. The molecule has 4 aromatic rings. The Balaban J connectivity index is 1.53. The lowest BCUT2D eigenvalue weighted by molar-refractivity contribution is -0.137. The van der Waals surface area contributed by atoms with Crippen LogP contribution in [-0.4, -0.2) is 37.4 Å². The minimum atomic E-state index is -4.44. The van der Waals surface area contributed by atoms with Crippen molar-refractivity contribution in [2.45, 2.75) is 16.8 Å². The molecule has 0 saturated carbocycles. The number of alkyl halides is 3. The summed E-state index contributed by atoms with van der Waals surface area (Å²) in [7, 11) is 0. The van der Waals surface area contributed by atoms with Gasteiger partial charge in [-0.1, -0.05) is 35.5 Å². The van der Waals surface area contributed by atoms with Crippen molar-refractivity contribution in [1.82, 2.24) is 30.7 Å². The van der Waals surface area contributed by atoms with E-state index in [1.807, 2.05) is 30.3 Å². The summed E-state index contributed by atoms with van der Waals surface area (Å²) in [4.78, 5) is 13.7. The van der Waals surface area contributed by atoms with Crippen LogP contribution in [0.15, 0.2) is 69.2 Å². The predicted molar refractivity (Wildman–Crippen MR) is 116 cm³/mol. The molecule has 1 amide bonds. The second kappa shape index (κ2) is 9.74. The van der Waals surface area contributed by atoms with Crippen LogP contribution in [0.4, 0.5) is 19.0 Å². The topological polar surface area (TPSA) is 137 Å². The molecule has 3 N–H and O–H groups in total. The third-order valence-corrected chi connectivity index (χ3v) is 5.43. The molecular weight excluding hydrogens is 473 g/mol. The molecule has 0 spiro atoms. The van der Waals surface area contributed by atoms with E-state index in [1.165, 1.54) is 34.8 Å². The molecule has 0 saturated heterocycles. The van der Waals surface area contributed by atoms with Gasteiger partial charge in [-0.2, -0.15) is 23.0 Å². The highest BCUT2D eigenvalue weighted by atomic mass is 32.2. The molecule has 2 heterocycles. The van der Waals surface area contributed by atoms with Crippen LogP contribution in [0.1, 0.15) is 27.3 Å². The number of halogens is 3. The Hall–Kier alpha value is -4.20. The molecule has 2 aromatic carbocycles. The van der Waals surface area contributed by atoms with Crippen LogP contribution in [0.2, 0.25) is 0 Å². The van der Waals surface area contributed by atoms with Crippen LogP contribution < -0.4 is 11.2 Å². The average Bonchev–Trinajstić information content (AvgIpc) is 3.43. The monoisotopic (exact) mass is 488 g/mol. The van der Waals surface area contributed by atoms with Crippen molar-refractivity contribution in [2.75, 3.05) is 5.73 Å². The van der Waals surface area contributed by atoms with Gasteiger partial charge in [0.1, 0.15) is 0 Å². The largest absolute Gasteiger partial charge is 0.416 e. The highest BCUT2D eigenvalue weighted by Gasteiger charge is 2.30. The Morgan fingerprint density at radius 1 is 1.15 bits per heavy atom. The fourth-order valence-corrected chi connectivity index (χ4v) is 3.67. The van der Waals surface area contributed by atoms with Gasteiger partial charge in [0.25, 0.3) is 5.91 Å². The van der Waals surface area contributed by atoms with E-state index in [2.05, 4.69) is 35.8 Å². The lowest BCUT2D eigenvalue weighted by Gasteiger charge is -2.06. The Morgan fingerprint density at radius 3 is 2.53 bits per heavy atom. The molecule has 0 aliphatic rings. The summed E-state index contributed by atoms with van der Waals surface area (Å²) in [5.74, 6) is -0.381. The van der Waals surface area contributed by atoms with Gasteiger partial charge in [-0.25, -0.2) is 10.1 Å². The molecule has 0 aliphatic carbocycles. The van der Waals surface area contributed by atoms with Gasteiger partial charge in [-0.3, -0.25) is 4.79 Å².